The number of hydrogen-bond acceptors (Lipinski definition) is 24. The van der Waals surface area contributed by atoms with E-state index in [-0.39, 0.29) is 101 Å². The minimum atomic E-state index is -2.24. The Balaban J connectivity index is -0.000000351. The first-order valence-corrected chi connectivity index (χ1v) is 31.6. The number of piperidine rings is 4. The van der Waals surface area contributed by atoms with Crippen LogP contribution in [0, 0.1) is 0 Å². The van der Waals surface area contributed by atoms with Crippen molar-refractivity contribution in [2.75, 3.05) is 63.4 Å². The van der Waals surface area contributed by atoms with Crippen molar-refractivity contribution in [2.45, 2.75) is 148 Å². The maximum Gasteiger partial charge on any atom is 1.00 e. The van der Waals surface area contributed by atoms with Crippen molar-refractivity contribution in [3.8, 4) is 11.5 Å². The number of esters is 2. The molecule has 0 atom stereocenters. The number of nitrogens with zero attached hydrogens (tertiary/aromatic N) is 5. The van der Waals surface area contributed by atoms with Crippen LogP contribution in [-0.4, -0.2) is 180 Å². The predicted octanol–water partition coefficient (Wildman–Crippen LogP) is 7.21. The number of Topliss-reactive ketones (excluding diaryl/α,β-unsaturated/α-hetero) is 1. The van der Waals surface area contributed by atoms with Gasteiger partial charge >= 0.3 is 101 Å². The monoisotopic (exact) mass is 1530 g/mol. The van der Waals surface area contributed by atoms with Crippen LogP contribution in [0.5, 0.6) is 11.5 Å². The van der Waals surface area contributed by atoms with Gasteiger partial charge in [0.05, 0.1) is 22.4 Å². The molecule has 4 aromatic carbocycles. The number of rotatable bonds is 7. The van der Waals surface area contributed by atoms with E-state index in [0.717, 1.165) is 108 Å². The molecule has 2 aromatic heterocycles. The van der Waals surface area contributed by atoms with Gasteiger partial charge in [-0.15, -0.1) is 0 Å². The van der Waals surface area contributed by atoms with E-state index in [1.54, 1.807) is 59.9 Å². The van der Waals surface area contributed by atoms with E-state index in [2.05, 4.69) is 37.4 Å². The molecular formula is C62H96B4Cl6N8NaO19. The van der Waals surface area contributed by atoms with Crippen LogP contribution in [0.3, 0.4) is 0 Å². The van der Waals surface area contributed by atoms with Gasteiger partial charge in [0.25, 0.3) is 0 Å². The quantitative estimate of drug-likeness (QED) is 0.0149. The molecule has 100 heavy (non-hydrogen) atoms. The van der Waals surface area contributed by atoms with Gasteiger partial charge in [-0.1, -0.05) is 78.2 Å². The van der Waals surface area contributed by atoms with Crippen LogP contribution in [0.25, 0.3) is 22.2 Å². The summed E-state index contributed by atoms with van der Waals surface area (Å²) in [5.41, 5.74) is 9.60. The van der Waals surface area contributed by atoms with Gasteiger partial charge in [0.2, 0.25) is 0 Å². The van der Waals surface area contributed by atoms with Gasteiger partial charge < -0.3 is 89.4 Å². The average molecular weight is 1540 g/mol. The number of para-hydroxylation sites is 8. The Labute approximate surface area is 639 Å². The summed E-state index contributed by atoms with van der Waals surface area (Å²) in [5, 5.41) is 53.2. The zero-order valence-corrected chi connectivity index (χ0v) is 60.8. The van der Waals surface area contributed by atoms with Gasteiger partial charge in [-0.05, 0) is 229 Å². The van der Waals surface area contributed by atoms with Crippen molar-refractivity contribution in [1.29, 1.82) is 0 Å². The molecule has 1 radical (unpaired) electrons. The maximum atomic E-state index is 12.0. The number of carbonyl (C=O) groups excluding carboxylic acids is 5. The number of nitrogens with two attached hydrogens (primary N) is 1. The van der Waals surface area contributed by atoms with Crippen molar-refractivity contribution in [3.05, 3.63) is 118 Å². The molecular weight excluding hydrogens is 1440 g/mol. The second-order valence-corrected chi connectivity index (χ2v) is 25.1. The Bertz CT molecular complexity index is 3310. The van der Waals surface area contributed by atoms with Gasteiger partial charge in [-0.25, -0.2) is 14.4 Å². The van der Waals surface area contributed by atoms with Crippen molar-refractivity contribution < 1.29 is 112 Å². The molecule has 0 amide bonds. The fourth-order valence-corrected chi connectivity index (χ4v) is 9.90. The second kappa shape index (κ2) is 54.5. The molecule has 38 heteroatoms. The topological polar surface area (TPSA) is 393 Å². The molecule has 0 unspecified atom stereocenters. The zero-order valence-electron chi connectivity index (χ0n) is 54.2. The second-order valence-electron chi connectivity index (χ2n) is 20.8. The van der Waals surface area contributed by atoms with E-state index in [0.29, 0.717) is 47.3 Å². The van der Waals surface area contributed by atoms with Crippen molar-refractivity contribution in [2.24, 2.45) is 0 Å². The number of halogens is 6. The fourth-order valence-electron chi connectivity index (χ4n) is 9.52. The van der Waals surface area contributed by atoms with Crippen molar-refractivity contribution in [3.63, 3.8) is 0 Å². The number of aromatic hydroxyl groups is 2. The molecule has 4 aliphatic heterocycles. The molecule has 553 valence electrons. The summed E-state index contributed by atoms with van der Waals surface area (Å²) in [6.07, 6.45) is 6.96. The van der Waals surface area contributed by atoms with Crippen LogP contribution < -0.4 is 57.4 Å². The summed E-state index contributed by atoms with van der Waals surface area (Å²) in [6.45, 7) is 15.8. The van der Waals surface area contributed by atoms with Crippen molar-refractivity contribution in [1.82, 2.24) is 28.9 Å². The fraction of sp³-hybridized carbons (Fsp3) is 0.500. The third kappa shape index (κ3) is 40.6. The first kappa shape index (κ1) is 103. The average Bonchev–Trinajstić information content (AvgIpc) is 1.65. The Morgan fingerprint density at radius 3 is 1.28 bits per heavy atom. The number of aromatic nitrogens is 2. The summed E-state index contributed by atoms with van der Waals surface area (Å²) in [7, 11) is 2.08. The first-order chi connectivity index (χ1) is 44.3. The van der Waals surface area contributed by atoms with Crippen molar-refractivity contribution >= 4 is 162 Å². The van der Waals surface area contributed by atoms with Crippen LogP contribution in [-0.2, 0) is 38.1 Å². The maximum absolute atomic E-state index is 12.0. The molecule has 4 aliphatic rings. The minimum Gasteiger partial charge on any atom is 1.00 e. The van der Waals surface area contributed by atoms with E-state index in [4.69, 9.17) is 104 Å². The number of phenolic OH excluding ortho intramolecular Hbond substituents is 2. The predicted molar refractivity (Wildman–Crippen MR) is 397 cm³/mol. The number of ketones is 1. The number of oxazole rings is 2. The van der Waals surface area contributed by atoms with E-state index in [9.17, 15) is 43.9 Å². The smallest absolute Gasteiger partial charge is 1.00 e. The third-order valence-corrected chi connectivity index (χ3v) is 14.4. The first-order valence-electron chi connectivity index (χ1n) is 29.4. The van der Waals surface area contributed by atoms with Gasteiger partial charge in [0.15, 0.2) is 11.2 Å². The van der Waals surface area contributed by atoms with Crippen LogP contribution in [0.15, 0.2) is 115 Å². The molecule has 0 aliphatic carbocycles. The van der Waals surface area contributed by atoms with Crippen LogP contribution >= 0.6 is 69.6 Å². The van der Waals surface area contributed by atoms with E-state index < -0.39 is 40.2 Å². The molecule has 4 saturated heterocycles. The van der Waals surface area contributed by atoms with Gasteiger partial charge in [-0.3, -0.25) is 29.8 Å². The minimum absolute atomic E-state index is 0. The largest absolute Gasteiger partial charge is 1.00 e. The molecule has 27 nitrogen and oxygen atoms in total. The Morgan fingerprint density at radius 2 is 0.940 bits per heavy atom. The molecule has 0 saturated carbocycles. The van der Waals surface area contributed by atoms with Crippen LogP contribution in [0.4, 0.5) is 16.2 Å². The van der Waals surface area contributed by atoms with Crippen LogP contribution in [0.1, 0.15) is 114 Å². The number of fused-ring (bicyclic) bond motifs is 2. The molecule has 6 heterocycles. The SMILES string of the molecule is C.C.C.C.CB(O)N1CCC(=O)CC1.CB(O)N1CCC(Nc2ccccc2O)CC1.CB(O)N1CCC(n2c(=O)oc3ccccc32)CC1.CC(=O)OC(C)=O.C[C-]=O.Nc1ccccc1O.O.O=C(OC(Cl)(Cl)Cl)OC(Cl)(Cl)Cl.O=c1oc2ccccc2n1C1CCNCC1.[B]=O.[Na+]. The zero-order chi connectivity index (χ0) is 70.7. The number of phenols is 2. The Hall–Kier alpha value is -5.15. The molecule has 0 bridgehead atoms. The van der Waals surface area contributed by atoms with Gasteiger partial charge in [0, 0.05) is 44.8 Å². The Morgan fingerprint density at radius 1 is 0.600 bits per heavy atom. The van der Waals surface area contributed by atoms with Gasteiger partial charge in [-0.2, -0.15) is 6.92 Å². The number of nitrogens with one attached hydrogen (secondary N) is 2. The molecule has 10 rings (SSSR count). The number of hydrogen-bond donors (Lipinski definition) is 8. The van der Waals surface area contributed by atoms with E-state index in [1.165, 1.54) is 27.1 Å². The van der Waals surface area contributed by atoms with Crippen LogP contribution in [0.2, 0.25) is 20.5 Å². The van der Waals surface area contributed by atoms with Gasteiger partial charge in [0.1, 0.15) is 17.3 Å². The summed E-state index contributed by atoms with van der Waals surface area (Å²) in [5.74, 6) is -0.875. The summed E-state index contributed by atoms with van der Waals surface area (Å²) in [6, 6.07) is 29.9. The summed E-state index contributed by atoms with van der Waals surface area (Å²) in [4.78, 5) is 79.3. The number of nitrogen functional groups attached to an aromatic ring is 1. The van der Waals surface area contributed by atoms with E-state index >= 15 is 0 Å². The number of benzene rings is 4. The standard InChI is InChI=1S/C13H17BN2O3.C12H19BN2O2.C12H14N2O2.C6H12BNO2.C6H7NO.C4H6O3.C3Cl6O3.C2H3O.4CH4.BO.Na.H2O/c1-14(18)15-8-6-10(7-9-15)16-11-4-2-3-5-12(11)19-13(16)17;1-13(17)15-8-6-10(7-9-15)14-11-4-2-3-5-12(11)16;15-12-14(9-5-7-13-8-6-9)10-3-1-2-4-11(10)16-12;1-7(10)8-4-2-6(9)3-5-8;7-5-3-1-2-4-6(5)8;1-3(5)7-4(2)6;4-2(5,6)11-1(10)12-3(7,8)9;1-2-3;;;;;1-2;;/h2-5,10,18H,6-9H2,1H3;2-5,10,14,16-17H,6-9H2,1H3;1-4,9,13H,5-8H2;10H,2-5H2,1H3;1-4,8H,7H2;1-2H3;;1H3;4*1H4;;;1H2/q;;;;;;;-1;;;;;;+1;. The molecule has 0 spiro atoms. The summed E-state index contributed by atoms with van der Waals surface area (Å²) >= 11 is 30.2. The number of anilines is 2. The number of alkyl halides is 6. The summed E-state index contributed by atoms with van der Waals surface area (Å²) < 4.78 is 29.3. The van der Waals surface area contributed by atoms with E-state index in [1.807, 2.05) is 76.4 Å². The molecule has 11 N–H and O–H groups in total. The molecule has 4 fully saturated rings. The number of ether oxygens (including phenoxy) is 3. The normalized spacial score (nSPS) is 14.4. The number of carbonyl (C=O) groups is 4. The Kier molecular flexibility index (Phi) is 56.4. The third-order valence-electron chi connectivity index (χ3n) is 13.9. The molecule has 6 aromatic rings.